The summed E-state index contributed by atoms with van der Waals surface area (Å²) < 4.78 is 12.3. The topological polar surface area (TPSA) is 91.2 Å². The molecule has 1 aromatic heterocycles. The Kier molecular flexibility index (Phi) is 6.23. The number of anilines is 1. The van der Waals surface area contributed by atoms with Crippen LogP contribution in [-0.4, -0.2) is 39.8 Å². The minimum atomic E-state index is -0.397. The zero-order valence-corrected chi connectivity index (χ0v) is 17.0. The molecular formula is C17H14Cl3N5O3. The Bertz CT molecular complexity index is 1030. The van der Waals surface area contributed by atoms with E-state index in [9.17, 15) is 4.79 Å². The third-order valence-electron chi connectivity index (χ3n) is 3.65. The summed E-state index contributed by atoms with van der Waals surface area (Å²) in [6.07, 6.45) is 0. The smallest absolute Gasteiger partial charge is 0.262 e. The fraction of sp³-hybridized carbons (Fsp3) is 0.176. The maximum atomic E-state index is 12.3. The lowest BCUT2D eigenvalue weighted by atomic mass is 10.2. The standard InChI is InChI=1S/C17H14Cl3N5O3/c1-9-22-23-24-25(9)14-5-10(3-4-15(14)27-2)21-17(26)8-28-16-7-12(19)11(18)6-13(16)20/h3-7H,8H2,1-2H3,(H,21,26). The van der Waals surface area contributed by atoms with Crippen LogP contribution < -0.4 is 14.8 Å². The van der Waals surface area contributed by atoms with Gasteiger partial charge >= 0.3 is 0 Å². The highest BCUT2D eigenvalue weighted by Crippen LogP contribution is 2.34. The van der Waals surface area contributed by atoms with E-state index in [0.29, 0.717) is 28.0 Å². The van der Waals surface area contributed by atoms with Gasteiger partial charge in [-0.15, -0.1) is 5.10 Å². The van der Waals surface area contributed by atoms with Crippen molar-refractivity contribution in [3.8, 4) is 17.2 Å². The monoisotopic (exact) mass is 441 g/mol. The molecule has 0 saturated heterocycles. The van der Waals surface area contributed by atoms with Crippen LogP contribution in [0.2, 0.25) is 15.1 Å². The van der Waals surface area contributed by atoms with Gasteiger partial charge in [-0.2, -0.15) is 4.68 Å². The molecule has 8 nitrogen and oxygen atoms in total. The molecule has 0 fully saturated rings. The summed E-state index contributed by atoms with van der Waals surface area (Å²) in [5, 5.41) is 14.9. The highest BCUT2D eigenvalue weighted by Gasteiger charge is 2.13. The molecular weight excluding hydrogens is 429 g/mol. The van der Waals surface area contributed by atoms with E-state index in [4.69, 9.17) is 44.3 Å². The van der Waals surface area contributed by atoms with E-state index in [1.807, 2.05) is 0 Å². The summed E-state index contributed by atoms with van der Waals surface area (Å²) in [6, 6.07) is 7.97. The van der Waals surface area contributed by atoms with Crippen LogP contribution in [0.15, 0.2) is 30.3 Å². The molecule has 0 unspecified atom stereocenters. The summed E-state index contributed by atoms with van der Waals surface area (Å²) in [6.45, 7) is 1.47. The summed E-state index contributed by atoms with van der Waals surface area (Å²) in [5.41, 5.74) is 1.09. The van der Waals surface area contributed by atoms with Crippen LogP contribution in [0.1, 0.15) is 5.82 Å². The van der Waals surface area contributed by atoms with Crippen LogP contribution in [0.4, 0.5) is 5.69 Å². The fourth-order valence-electron chi connectivity index (χ4n) is 2.34. The second kappa shape index (κ2) is 8.64. The fourth-order valence-corrected chi connectivity index (χ4v) is 2.93. The molecule has 3 aromatic rings. The van der Waals surface area contributed by atoms with Crippen molar-refractivity contribution in [1.82, 2.24) is 20.2 Å². The minimum absolute atomic E-state index is 0.253. The first-order valence-electron chi connectivity index (χ1n) is 7.89. The van der Waals surface area contributed by atoms with Crippen LogP contribution in [-0.2, 0) is 4.79 Å². The third kappa shape index (κ3) is 4.46. The van der Waals surface area contributed by atoms with Crippen LogP contribution in [0, 0.1) is 6.92 Å². The lowest BCUT2D eigenvalue weighted by Gasteiger charge is -2.13. The Labute approximate surface area is 175 Å². The SMILES string of the molecule is COc1ccc(NC(=O)COc2cc(Cl)c(Cl)cc2Cl)cc1-n1nnnc1C. The summed E-state index contributed by atoms with van der Waals surface area (Å²) in [7, 11) is 1.53. The summed E-state index contributed by atoms with van der Waals surface area (Å²) >= 11 is 17.8. The predicted molar refractivity (Wildman–Crippen MR) is 106 cm³/mol. The first-order valence-corrected chi connectivity index (χ1v) is 9.03. The van der Waals surface area contributed by atoms with Crippen molar-refractivity contribution >= 4 is 46.4 Å². The van der Waals surface area contributed by atoms with Gasteiger partial charge in [0.1, 0.15) is 17.2 Å². The molecule has 1 N–H and O–H groups in total. The molecule has 28 heavy (non-hydrogen) atoms. The summed E-state index contributed by atoms with van der Waals surface area (Å²) in [4.78, 5) is 12.3. The maximum absolute atomic E-state index is 12.3. The van der Waals surface area contributed by atoms with Gasteiger partial charge in [-0.3, -0.25) is 4.79 Å². The average Bonchev–Trinajstić information content (AvgIpc) is 3.09. The van der Waals surface area contributed by atoms with Crippen LogP contribution in [0.3, 0.4) is 0 Å². The number of aromatic nitrogens is 4. The predicted octanol–water partition coefficient (Wildman–Crippen LogP) is 3.96. The van der Waals surface area contributed by atoms with Crippen molar-refractivity contribution in [3.05, 3.63) is 51.2 Å². The Balaban J connectivity index is 1.72. The Hall–Kier alpha value is -2.55. The number of ether oxygens (including phenoxy) is 2. The number of carbonyl (C=O) groups excluding carboxylic acids is 1. The van der Waals surface area contributed by atoms with E-state index in [-0.39, 0.29) is 22.4 Å². The van der Waals surface area contributed by atoms with E-state index in [2.05, 4.69) is 20.8 Å². The van der Waals surface area contributed by atoms with E-state index in [0.717, 1.165) is 0 Å². The number of hydrogen-bond acceptors (Lipinski definition) is 6. The normalized spacial score (nSPS) is 10.6. The Morgan fingerprint density at radius 3 is 2.54 bits per heavy atom. The van der Waals surface area contributed by atoms with Crippen molar-refractivity contribution in [3.63, 3.8) is 0 Å². The zero-order valence-electron chi connectivity index (χ0n) is 14.7. The number of rotatable bonds is 6. The Morgan fingerprint density at radius 2 is 1.86 bits per heavy atom. The van der Waals surface area contributed by atoms with E-state index in [1.165, 1.54) is 23.9 Å². The molecule has 1 amide bonds. The number of nitrogens with one attached hydrogen (secondary N) is 1. The van der Waals surface area contributed by atoms with Gasteiger partial charge in [-0.25, -0.2) is 0 Å². The molecule has 1 heterocycles. The largest absolute Gasteiger partial charge is 0.494 e. The molecule has 3 rings (SSSR count). The lowest BCUT2D eigenvalue weighted by molar-refractivity contribution is -0.118. The molecule has 0 atom stereocenters. The maximum Gasteiger partial charge on any atom is 0.262 e. The number of carbonyl (C=O) groups is 1. The highest BCUT2D eigenvalue weighted by molar-refractivity contribution is 6.43. The first kappa shape index (κ1) is 20.2. The first-order chi connectivity index (χ1) is 13.4. The molecule has 0 aliphatic heterocycles. The molecule has 11 heteroatoms. The summed E-state index contributed by atoms with van der Waals surface area (Å²) in [5.74, 6) is 0.976. The molecule has 0 bridgehead atoms. The molecule has 0 aliphatic carbocycles. The van der Waals surface area contributed by atoms with E-state index < -0.39 is 5.91 Å². The number of methoxy groups -OCH3 is 1. The zero-order chi connectivity index (χ0) is 20.3. The molecule has 146 valence electrons. The van der Waals surface area contributed by atoms with Crippen LogP contribution in [0.5, 0.6) is 11.5 Å². The average molecular weight is 443 g/mol. The Morgan fingerprint density at radius 1 is 1.11 bits per heavy atom. The van der Waals surface area contributed by atoms with E-state index >= 15 is 0 Å². The van der Waals surface area contributed by atoms with Gasteiger partial charge in [0.05, 0.1) is 22.2 Å². The number of halogens is 3. The minimum Gasteiger partial charge on any atom is -0.494 e. The molecule has 0 spiro atoms. The van der Waals surface area contributed by atoms with Gasteiger partial charge in [-0.1, -0.05) is 34.8 Å². The van der Waals surface area contributed by atoms with Crippen molar-refractivity contribution < 1.29 is 14.3 Å². The number of hydrogen-bond donors (Lipinski definition) is 1. The van der Waals surface area contributed by atoms with Crippen LogP contribution in [0.25, 0.3) is 5.69 Å². The van der Waals surface area contributed by atoms with Gasteiger partial charge in [-0.05, 0) is 41.6 Å². The van der Waals surface area contributed by atoms with Crippen molar-refractivity contribution in [2.24, 2.45) is 0 Å². The van der Waals surface area contributed by atoms with Gasteiger partial charge in [0, 0.05) is 11.8 Å². The van der Waals surface area contributed by atoms with Crippen LogP contribution >= 0.6 is 34.8 Å². The molecule has 0 aliphatic rings. The second-order valence-electron chi connectivity index (χ2n) is 5.56. The van der Waals surface area contributed by atoms with Gasteiger partial charge in [0.25, 0.3) is 5.91 Å². The number of tetrazole rings is 1. The van der Waals surface area contributed by atoms with Crippen molar-refractivity contribution in [1.29, 1.82) is 0 Å². The number of amides is 1. The number of benzene rings is 2. The molecule has 0 saturated carbocycles. The highest BCUT2D eigenvalue weighted by atomic mass is 35.5. The van der Waals surface area contributed by atoms with E-state index in [1.54, 1.807) is 25.1 Å². The quantitative estimate of drug-likeness (QED) is 0.581. The molecule has 0 radical (unpaired) electrons. The van der Waals surface area contributed by atoms with Crippen molar-refractivity contribution in [2.75, 3.05) is 19.0 Å². The number of aryl methyl sites for hydroxylation is 1. The number of nitrogens with zero attached hydrogens (tertiary/aromatic N) is 4. The van der Waals surface area contributed by atoms with Crippen molar-refractivity contribution in [2.45, 2.75) is 6.92 Å². The lowest BCUT2D eigenvalue weighted by Crippen LogP contribution is -2.20. The van der Waals surface area contributed by atoms with Gasteiger partial charge < -0.3 is 14.8 Å². The third-order valence-corrected chi connectivity index (χ3v) is 4.67. The van der Waals surface area contributed by atoms with Gasteiger partial charge in [0.2, 0.25) is 0 Å². The second-order valence-corrected chi connectivity index (χ2v) is 6.78. The van der Waals surface area contributed by atoms with Gasteiger partial charge in [0.15, 0.2) is 12.4 Å². The molecule has 2 aromatic carbocycles.